The van der Waals surface area contributed by atoms with Crippen molar-refractivity contribution in [2.75, 3.05) is 0 Å². The molecule has 0 saturated heterocycles. The first kappa shape index (κ1) is 16.1. The zero-order valence-electron chi connectivity index (χ0n) is 7.90. The summed E-state index contributed by atoms with van der Waals surface area (Å²) in [4.78, 5) is 0. The average Bonchev–Trinajstić information content (AvgIpc) is 2.15. The third-order valence-corrected chi connectivity index (χ3v) is 5.91. The van der Waals surface area contributed by atoms with Crippen LogP contribution in [0.15, 0.2) is 24.3 Å². The topological polar surface area (TPSA) is 20.2 Å². The Hall–Kier alpha value is 1.05. The van der Waals surface area contributed by atoms with Crippen molar-refractivity contribution in [1.29, 1.82) is 0 Å². The van der Waals surface area contributed by atoms with Crippen LogP contribution in [0.3, 0.4) is 0 Å². The van der Waals surface area contributed by atoms with Crippen LogP contribution < -0.4 is 0 Å². The highest BCUT2D eigenvalue weighted by Gasteiger charge is 2.60. The van der Waals surface area contributed by atoms with Crippen LogP contribution >= 0.6 is 81.2 Å². The first-order valence-electron chi connectivity index (χ1n) is 4.12. The van der Waals surface area contributed by atoms with Crippen LogP contribution in [0.5, 0.6) is 5.75 Å². The summed E-state index contributed by atoms with van der Waals surface area (Å²) in [6.45, 7) is 0. The molecule has 0 aliphatic heterocycles. The van der Waals surface area contributed by atoms with Gasteiger partial charge in [-0.1, -0.05) is 93.3 Å². The second-order valence-corrected chi connectivity index (χ2v) is 8.13. The Bertz CT molecular complexity index is 410. The molecule has 1 N–H and O–H groups in total. The predicted molar refractivity (Wildman–Crippen MR) is 76.2 cm³/mol. The van der Waals surface area contributed by atoms with Gasteiger partial charge in [-0.05, 0) is 17.7 Å². The van der Waals surface area contributed by atoms with Crippen molar-refractivity contribution in [1.82, 2.24) is 0 Å². The fraction of sp³-hybridized carbons (Fsp3) is 0.333. The Kier molecular flexibility index (Phi) is 4.93. The van der Waals surface area contributed by atoms with Crippen molar-refractivity contribution < 1.29 is 5.11 Å². The van der Waals surface area contributed by atoms with Crippen LogP contribution in [-0.2, 0) is 4.33 Å². The molecule has 1 nitrogen and oxygen atoms in total. The molecule has 0 bridgehead atoms. The summed E-state index contributed by atoms with van der Waals surface area (Å²) in [5.74, 6) is -0.0679. The Morgan fingerprint density at radius 3 is 1.82 bits per heavy atom. The van der Waals surface area contributed by atoms with Crippen molar-refractivity contribution >= 4 is 81.2 Å². The van der Waals surface area contributed by atoms with Gasteiger partial charge in [-0.2, -0.15) is 0 Å². The van der Waals surface area contributed by atoms with E-state index in [1.807, 2.05) is 0 Å². The summed E-state index contributed by atoms with van der Waals surface area (Å²) in [5, 5.41) is 9.34. The number of aromatic hydroxyl groups is 1. The lowest BCUT2D eigenvalue weighted by molar-refractivity contribution is 0.473. The highest BCUT2D eigenvalue weighted by molar-refractivity contribution is 6.78. The maximum absolute atomic E-state index is 9.34. The number of benzene rings is 1. The molecule has 0 aliphatic rings. The van der Waals surface area contributed by atoms with E-state index in [9.17, 15) is 5.11 Å². The van der Waals surface area contributed by atoms with Gasteiger partial charge in [-0.25, -0.2) is 0 Å². The van der Waals surface area contributed by atoms with E-state index in [1.54, 1.807) is 0 Å². The first-order valence-corrected chi connectivity index (χ1v) is 6.76. The van der Waals surface area contributed by atoms with Crippen molar-refractivity contribution in [3.8, 4) is 5.75 Å². The van der Waals surface area contributed by atoms with Crippen molar-refractivity contribution in [2.45, 2.75) is 12.5 Å². The van der Waals surface area contributed by atoms with E-state index in [2.05, 4.69) is 0 Å². The normalized spacial score (nSPS) is 13.8. The number of rotatable bonds is 2. The maximum atomic E-state index is 9.34. The number of phenols is 1. The Morgan fingerprint density at radius 2 is 1.41 bits per heavy atom. The fourth-order valence-electron chi connectivity index (χ4n) is 1.06. The molecule has 0 spiro atoms. The van der Waals surface area contributed by atoms with Crippen molar-refractivity contribution in [3.05, 3.63) is 29.8 Å². The molecule has 0 amide bonds. The minimum atomic E-state index is -2.12. The van der Waals surface area contributed by atoms with Gasteiger partial charge in [-0.15, -0.1) is 0 Å². The van der Waals surface area contributed by atoms with E-state index in [0.29, 0.717) is 0 Å². The number of alkyl halides is 7. The molecular formula is C9H5Cl7O. The number of halogens is 7. The third kappa shape index (κ3) is 3.14. The summed E-state index contributed by atoms with van der Waals surface area (Å²) in [7, 11) is 0. The first-order chi connectivity index (χ1) is 7.50. The monoisotopic (exact) mass is 374 g/mol. The van der Waals surface area contributed by atoms with Crippen LogP contribution in [0.1, 0.15) is 5.56 Å². The second-order valence-electron chi connectivity index (χ2n) is 3.20. The molecule has 0 radical (unpaired) electrons. The third-order valence-electron chi connectivity index (χ3n) is 1.96. The quantitative estimate of drug-likeness (QED) is 0.669. The van der Waals surface area contributed by atoms with Crippen LogP contribution in [0, 0.1) is 0 Å². The van der Waals surface area contributed by atoms with E-state index >= 15 is 0 Å². The molecule has 96 valence electrons. The molecule has 1 rings (SSSR count). The minimum Gasteiger partial charge on any atom is -0.508 e. The van der Waals surface area contributed by atoms with Gasteiger partial charge in [0.1, 0.15) is 5.75 Å². The Labute approximate surface area is 133 Å². The lowest BCUT2D eigenvalue weighted by Gasteiger charge is -2.37. The standard InChI is InChI=1S/C9H5Cl7O/c10-7(11,8(12,13)9(14,15)16)5-2-1-3-6(17)4-5/h1-4,17H. The Balaban J connectivity index is 3.28. The second kappa shape index (κ2) is 5.20. The van der Waals surface area contributed by atoms with Crippen LogP contribution in [0.25, 0.3) is 0 Å². The number of hydrogen-bond donors (Lipinski definition) is 1. The van der Waals surface area contributed by atoms with Gasteiger partial charge in [0.25, 0.3) is 0 Å². The highest BCUT2D eigenvalue weighted by atomic mass is 35.6. The molecule has 0 atom stereocenters. The molecule has 0 fully saturated rings. The van der Waals surface area contributed by atoms with Gasteiger partial charge in [0.15, 0.2) is 4.33 Å². The summed E-state index contributed by atoms with van der Waals surface area (Å²) in [6.07, 6.45) is 0. The van der Waals surface area contributed by atoms with Crippen LogP contribution in [0.2, 0.25) is 0 Å². The average molecular weight is 377 g/mol. The molecule has 1 aromatic rings. The lowest BCUT2D eigenvalue weighted by Crippen LogP contribution is -2.45. The largest absolute Gasteiger partial charge is 0.508 e. The molecule has 1 aromatic carbocycles. The van der Waals surface area contributed by atoms with Gasteiger partial charge < -0.3 is 5.11 Å². The fourth-order valence-corrected chi connectivity index (χ4v) is 2.51. The smallest absolute Gasteiger partial charge is 0.226 e. The molecule has 0 aliphatic carbocycles. The molecule has 0 aromatic heterocycles. The van der Waals surface area contributed by atoms with Gasteiger partial charge in [0.05, 0.1) is 0 Å². The zero-order chi connectivity index (χ0) is 13.5. The maximum Gasteiger partial charge on any atom is 0.226 e. The summed E-state index contributed by atoms with van der Waals surface area (Å²) < 4.78 is -6.15. The highest BCUT2D eigenvalue weighted by Crippen LogP contribution is 2.60. The van der Waals surface area contributed by atoms with Gasteiger partial charge in [0.2, 0.25) is 8.13 Å². The molecule has 0 heterocycles. The molecule has 8 heteroatoms. The molecular weight excluding hydrogens is 372 g/mol. The van der Waals surface area contributed by atoms with E-state index < -0.39 is 12.5 Å². The molecule has 0 saturated carbocycles. The predicted octanol–water partition coefficient (Wildman–Crippen LogP) is 5.57. The van der Waals surface area contributed by atoms with E-state index in [-0.39, 0.29) is 11.3 Å². The van der Waals surface area contributed by atoms with Crippen LogP contribution in [-0.4, -0.2) is 13.2 Å². The van der Waals surface area contributed by atoms with Crippen LogP contribution in [0.4, 0.5) is 0 Å². The van der Waals surface area contributed by atoms with E-state index in [1.165, 1.54) is 24.3 Å². The van der Waals surface area contributed by atoms with E-state index in [4.69, 9.17) is 81.2 Å². The summed E-state index contributed by atoms with van der Waals surface area (Å²) in [5.41, 5.74) is 0.206. The summed E-state index contributed by atoms with van der Waals surface area (Å²) >= 11 is 40.8. The van der Waals surface area contributed by atoms with Crippen molar-refractivity contribution in [3.63, 3.8) is 0 Å². The van der Waals surface area contributed by atoms with Gasteiger partial charge in [0, 0.05) is 0 Å². The number of hydrogen-bond acceptors (Lipinski definition) is 1. The SMILES string of the molecule is Oc1cccc(C(Cl)(Cl)C(Cl)(Cl)C(Cl)(Cl)Cl)c1. The van der Waals surface area contributed by atoms with E-state index in [0.717, 1.165) is 0 Å². The Morgan fingerprint density at radius 1 is 0.882 bits per heavy atom. The van der Waals surface area contributed by atoms with Gasteiger partial charge in [-0.3, -0.25) is 0 Å². The zero-order valence-corrected chi connectivity index (χ0v) is 13.2. The lowest BCUT2D eigenvalue weighted by atomic mass is 10.1. The molecule has 17 heavy (non-hydrogen) atoms. The summed E-state index contributed by atoms with van der Waals surface area (Å²) in [6, 6.07) is 5.70. The molecule has 0 unspecified atom stereocenters. The van der Waals surface area contributed by atoms with Crippen molar-refractivity contribution in [2.24, 2.45) is 0 Å². The number of phenolic OH excluding ortho intramolecular Hbond substituents is 1. The minimum absolute atomic E-state index is 0.0679. The van der Waals surface area contributed by atoms with Gasteiger partial charge >= 0.3 is 0 Å².